The van der Waals surface area contributed by atoms with E-state index in [0.29, 0.717) is 26.5 Å². The molecule has 3 heterocycles. The summed E-state index contributed by atoms with van der Waals surface area (Å²) in [7, 11) is 1.87. The van der Waals surface area contributed by atoms with Crippen molar-refractivity contribution < 1.29 is 14.4 Å². The number of pyridine rings is 1. The third-order valence-electron chi connectivity index (χ3n) is 6.40. The van der Waals surface area contributed by atoms with Gasteiger partial charge < -0.3 is 20.5 Å². The zero-order valence-corrected chi connectivity index (χ0v) is 19.3. The van der Waals surface area contributed by atoms with E-state index in [1.54, 1.807) is 30.5 Å². The Hall–Kier alpha value is -3.20. The van der Waals surface area contributed by atoms with E-state index in [-0.39, 0.29) is 29.6 Å². The van der Waals surface area contributed by atoms with E-state index < -0.39 is 5.91 Å². The summed E-state index contributed by atoms with van der Waals surface area (Å²) >= 11 is 1.29. The van der Waals surface area contributed by atoms with Crippen LogP contribution in [0.15, 0.2) is 30.5 Å². The van der Waals surface area contributed by atoms with Crippen LogP contribution in [-0.4, -0.2) is 51.7 Å². The molecule has 2 fully saturated rings. The zero-order valence-electron chi connectivity index (χ0n) is 18.5. The highest BCUT2D eigenvalue weighted by molar-refractivity contribution is 7.21. The van der Waals surface area contributed by atoms with Gasteiger partial charge in [-0.25, -0.2) is 0 Å². The fourth-order valence-electron chi connectivity index (χ4n) is 4.36. The Morgan fingerprint density at radius 1 is 1.09 bits per heavy atom. The summed E-state index contributed by atoms with van der Waals surface area (Å²) in [6.45, 7) is 0. The molecule has 0 atom stereocenters. The third kappa shape index (κ3) is 4.50. The van der Waals surface area contributed by atoms with Crippen molar-refractivity contribution in [2.45, 2.75) is 57.0 Å². The van der Waals surface area contributed by atoms with Crippen molar-refractivity contribution in [3.05, 3.63) is 46.6 Å². The van der Waals surface area contributed by atoms with Crippen molar-refractivity contribution in [3.8, 4) is 0 Å². The predicted molar refractivity (Wildman–Crippen MR) is 128 cm³/mol. The van der Waals surface area contributed by atoms with Gasteiger partial charge in [0, 0.05) is 25.3 Å². The van der Waals surface area contributed by atoms with Crippen molar-refractivity contribution in [1.29, 1.82) is 0 Å². The summed E-state index contributed by atoms with van der Waals surface area (Å²) < 4.78 is 0.671. The molecule has 0 spiro atoms. The van der Waals surface area contributed by atoms with Gasteiger partial charge in [0.25, 0.3) is 17.7 Å². The van der Waals surface area contributed by atoms with Crippen LogP contribution >= 0.6 is 11.3 Å². The lowest BCUT2D eigenvalue weighted by Gasteiger charge is -2.30. The first kappa shape index (κ1) is 21.6. The van der Waals surface area contributed by atoms with Gasteiger partial charge in [-0.15, -0.1) is 11.3 Å². The van der Waals surface area contributed by atoms with Gasteiger partial charge in [-0.1, -0.05) is 25.3 Å². The van der Waals surface area contributed by atoms with Crippen molar-refractivity contribution >= 4 is 45.1 Å². The Morgan fingerprint density at radius 2 is 1.88 bits per heavy atom. The van der Waals surface area contributed by atoms with Gasteiger partial charge in [-0.05, 0) is 43.9 Å². The van der Waals surface area contributed by atoms with E-state index in [1.165, 1.54) is 17.8 Å². The summed E-state index contributed by atoms with van der Waals surface area (Å²) in [4.78, 5) is 48.6. The quantitative estimate of drug-likeness (QED) is 0.508. The molecule has 3 aromatic rings. The maximum atomic E-state index is 13.2. The minimum Gasteiger partial charge on any atom is -0.349 e. The number of rotatable bonds is 6. The van der Waals surface area contributed by atoms with E-state index in [0.717, 1.165) is 38.5 Å². The number of aromatic amines is 1. The first-order valence-electron chi connectivity index (χ1n) is 11.5. The smallest absolute Gasteiger partial charge is 0.275 e. The molecule has 2 saturated carbocycles. The van der Waals surface area contributed by atoms with E-state index >= 15 is 0 Å². The van der Waals surface area contributed by atoms with Crippen molar-refractivity contribution in [2.24, 2.45) is 0 Å². The second kappa shape index (κ2) is 8.97. The molecule has 3 N–H and O–H groups in total. The molecule has 0 bridgehead atoms. The van der Waals surface area contributed by atoms with E-state index in [4.69, 9.17) is 0 Å². The van der Waals surface area contributed by atoms with Gasteiger partial charge in [0.2, 0.25) is 0 Å². The molecule has 0 aliphatic heterocycles. The highest BCUT2D eigenvalue weighted by Gasteiger charge is 2.30. The highest BCUT2D eigenvalue weighted by atomic mass is 32.1. The van der Waals surface area contributed by atoms with E-state index in [9.17, 15) is 14.4 Å². The SMILES string of the molecule is CN(C(=O)c1cc2[nH]c(NC(=O)c3ccccn3)c(C(=O)NC3CC3)c2s1)C1CCCCC1. The largest absolute Gasteiger partial charge is 0.349 e. The lowest BCUT2D eigenvalue weighted by molar-refractivity contribution is 0.0701. The van der Waals surface area contributed by atoms with Crippen LogP contribution in [-0.2, 0) is 0 Å². The molecule has 0 aromatic carbocycles. The standard InChI is InChI=1S/C24H27N5O3S/c1-29(15-7-3-2-4-8-15)24(32)18-13-17-20(33-18)19(23(31)26-14-10-11-14)21(27-17)28-22(30)16-9-5-6-12-25-16/h5-6,9,12-15,27H,2-4,7-8,10-11H2,1H3,(H,26,31)(H,28,30). The first-order valence-corrected chi connectivity index (χ1v) is 12.3. The van der Waals surface area contributed by atoms with Gasteiger partial charge in [-0.3, -0.25) is 19.4 Å². The minimum atomic E-state index is -0.404. The van der Waals surface area contributed by atoms with Crippen LogP contribution < -0.4 is 10.6 Å². The molecule has 3 amide bonds. The molecule has 3 aromatic heterocycles. The predicted octanol–water partition coefficient (Wildman–Crippen LogP) is 4.17. The van der Waals surface area contributed by atoms with Crippen molar-refractivity contribution in [2.75, 3.05) is 12.4 Å². The summed E-state index contributed by atoms with van der Waals surface area (Å²) in [5.41, 5.74) is 1.29. The lowest BCUT2D eigenvalue weighted by atomic mass is 9.94. The maximum absolute atomic E-state index is 13.2. The molecular formula is C24H27N5O3S. The van der Waals surface area contributed by atoms with Crippen LogP contribution in [0.2, 0.25) is 0 Å². The number of nitrogens with one attached hydrogen (secondary N) is 3. The Labute approximate surface area is 195 Å². The molecular weight excluding hydrogens is 438 g/mol. The number of anilines is 1. The number of amides is 3. The number of thiophene rings is 1. The van der Waals surface area contributed by atoms with Gasteiger partial charge in [0.05, 0.1) is 20.7 Å². The average Bonchev–Trinajstić information content (AvgIpc) is 3.46. The molecule has 9 heteroatoms. The van der Waals surface area contributed by atoms with Crippen LogP contribution in [0.4, 0.5) is 5.82 Å². The number of nitrogens with zero attached hydrogens (tertiary/aromatic N) is 2. The second-order valence-electron chi connectivity index (χ2n) is 8.85. The van der Waals surface area contributed by atoms with Gasteiger partial charge >= 0.3 is 0 Å². The zero-order chi connectivity index (χ0) is 22.9. The molecule has 0 radical (unpaired) electrons. The number of H-pyrrole nitrogens is 1. The van der Waals surface area contributed by atoms with Crippen LogP contribution in [0.3, 0.4) is 0 Å². The number of fused-ring (bicyclic) bond motifs is 1. The molecule has 0 saturated heterocycles. The summed E-state index contributed by atoms with van der Waals surface area (Å²) in [5, 5.41) is 5.79. The Morgan fingerprint density at radius 3 is 2.58 bits per heavy atom. The monoisotopic (exact) mass is 465 g/mol. The van der Waals surface area contributed by atoms with Crippen molar-refractivity contribution in [1.82, 2.24) is 20.2 Å². The Kier molecular flexibility index (Phi) is 5.88. The molecule has 172 valence electrons. The second-order valence-corrected chi connectivity index (χ2v) is 9.91. The van der Waals surface area contributed by atoms with Crippen LogP contribution in [0.25, 0.3) is 10.2 Å². The van der Waals surface area contributed by atoms with Crippen LogP contribution in [0.1, 0.15) is 75.5 Å². The number of carbonyl (C=O) groups is 3. The van der Waals surface area contributed by atoms with Crippen LogP contribution in [0, 0.1) is 0 Å². The molecule has 0 unspecified atom stereocenters. The van der Waals surface area contributed by atoms with Gasteiger partial charge in [-0.2, -0.15) is 0 Å². The summed E-state index contributed by atoms with van der Waals surface area (Å²) in [5.74, 6) is -0.353. The lowest BCUT2D eigenvalue weighted by Crippen LogP contribution is -2.37. The molecule has 33 heavy (non-hydrogen) atoms. The number of carbonyl (C=O) groups excluding carboxylic acids is 3. The molecule has 2 aliphatic carbocycles. The van der Waals surface area contributed by atoms with Crippen LogP contribution in [0.5, 0.6) is 0 Å². The average molecular weight is 466 g/mol. The maximum Gasteiger partial charge on any atom is 0.275 e. The number of hydrogen-bond donors (Lipinski definition) is 3. The fraction of sp³-hybridized carbons (Fsp3) is 0.417. The number of hydrogen-bond acceptors (Lipinski definition) is 5. The summed E-state index contributed by atoms with van der Waals surface area (Å²) in [6, 6.07) is 7.29. The molecule has 5 rings (SSSR count). The highest BCUT2D eigenvalue weighted by Crippen LogP contribution is 2.35. The Balaban J connectivity index is 1.45. The normalized spacial score (nSPS) is 16.5. The molecule has 8 nitrogen and oxygen atoms in total. The van der Waals surface area contributed by atoms with E-state index in [2.05, 4.69) is 20.6 Å². The number of aromatic nitrogens is 2. The molecule has 2 aliphatic rings. The topological polar surface area (TPSA) is 107 Å². The van der Waals surface area contributed by atoms with E-state index in [1.807, 2.05) is 11.9 Å². The fourth-order valence-corrected chi connectivity index (χ4v) is 5.51. The first-order chi connectivity index (χ1) is 16.0. The minimum absolute atomic E-state index is 0.0240. The Bertz CT molecular complexity index is 1190. The van der Waals surface area contributed by atoms with Gasteiger partial charge in [0.15, 0.2) is 0 Å². The van der Waals surface area contributed by atoms with Crippen molar-refractivity contribution in [3.63, 3.8) is 0 Å². The third-order valence-corrected chi connectivity index (χ3v) is 7.54. The van der Waals surface area contributed by atoms with Gasteiger partial charge in [0.1, 0.15) is 11.5 Å². The summed E-state index contributed by atoms with van der Waals surface area (Å²) in [6.07, 6.45) is 9.05.